The van der Waals surface area contributed by atoms with Crippen LogP contribution in [0.2, 0.25) is 5.02 Å². The molecule has 2 aromatic heterocycles. The van der Waals surface area contributed by atoms with Crippen LogP contribution in [0.25, 0.3) is 10.2 Å². The fraction of sp³-hybridized carbons (Fsp3) is 0.200. The van der Waals surface area contributed by atoms with Crippen LogP contribution in [0.4, 0.5) is 19.0 Å². The van der Waals surface area contributed by atoms with E-state index in [-0.39, 0.29) is 4.83 Å². The Bertz CT molecular complexity index is 882. The lowest BCUT2D eigenvalue weighted by molar-refractivity contribution is -0.134. The first kappa shape index (κ1) is 16.8. The number of benzene rings is 1. The molecular formula is C15H11ClF3N3OS. The number of ether oxygens (including phenoxy) is 1. The molecule has 1 aromatic carbocycles. The minimum atomic E-state index is -4.40. The van der Waals surface area contributed by atoms with E-state index in [0.717, 1.165) is 11.6 Å². The number of aromatic nitrogens is 2. The highest BCUT2D eigenvalue weighted by Gasteiger charge is 2.33. The summed E-state index contributed by atoms with van der Waals surface area (Å²) in [5.41, 5.74) is 0.846. The van der Waals surface area contributed by atoms with Crippen molar-refractivity contribution in [3.05, 3.63) is 46.1 Å². The number of hydrogen-bond donors (Lipinski definition) is 1. The number of nitrogens with one attached hydrogen (secondary N) is 1. The summed E-state index contributed by atoms with van der Waals surface area (Å²) in [4.78, 5) is 7.51. The van der Waals surface area contributed by atoms with Gasteiger partial charge in [0.05, 0.1) is 17.5 Å². The Hall–Kier alpha value is -2.06. The molecule has 0 saturated carbocycles. The number of halogens is 4. The van der Waals surface area contributed by atoms with Gasteiger partial charge in [0.1, 0.15) is 27.6 Å². The fourth-order valence-corrected chi connectivity index (χ4v) is 3.29. The lowest BCUT2D eigenvalue weighted by atomic mass is 10.2. The average Bonchev–Trinajstić information content (AvgIpc) is 2.98. The minimum absolute atomic E-state index is 0.285. The predicted molar refractivity (Wildman–Crippen MR) is 87.7 cm³/mol. The number of hydrogen-bond acceptors (Lipinski definition) is 5. The topological polar surface area (TPSA) is 47.0 Å². The zero-order chi connectivity index (χ0) is 17.3. The van der Waals surface area contributed by atoms with Crippen molar-refractivity contribution in [3.8, 4) is 5.75 Å². The van der Waals surface area contributed by atoms with Gasteiger partial charge in [0.2, 0.25) is 0 Å². The van der Waals surface area contributed by atoms with Crippen molar-refractivity contribution >= 4 is 39.0 Å². The molecule has 0 atom stereocenters. The normalized spacial score (nSPS) is 11.7. The summed E-state index contributed by atoms with van der Waals surface area (Å²) in [6.07, 6.45) is -3.16. The molecule has 4 nitrogen and oxygen atoms in total. The van der Waals surface area contributed by atoms with Gasteiger partial charge in [0, 0.05) is 6.54 Å². The van der Waals surface area contributed by atoms with Crippen LogP contribution in [-0.2, 0) is 12.7 Å². The number of fused-ring (bicyclic) bond motifs is 1. The molecule has 0 saturated heterocycles. The third kappa shape index (κ3) is 3.39. The average molecular weight is 374 g/mol. The van der Waals surface area contributed by atoms with E-state index in [1.54, 1.807) is 12.1 Å². The Kier molecular flexibility index (Phi) is 4.51. The van der Waals surface area contributed by atoms with Crippen molar-refractivity contribution < 1.29 is 17.9 Å². The van der Waals surface area contributed by atoms with Crippen LogP contribution in [0.3, 0.4) is 0 Å². The molecule has 0 radical (unpaired) electrons. The molecule has 0 aliphatic heterocycles. The highest BCUT2D eigenvalue weighted by atomic mass is 35.5. The first-order valence-electron chi connectivity index (χ1n) is 6.76. The Balaban J connectivity index is 1.85. The molecule has 0 unspecified atom stereocenters. The van der Waals surface area contributed by atoms with Crippen molar-refractivity contribution in [2.24, 2.45) is 0 Å². The van der Waals surface area contributed by atoms with Crippen molar-refractivity contribution in [1.82, 2.24) is 9.97 Å². The maximum Gasteiger partial charge on any atom is 0.425 e. The second-order valence-corrected chi connectivity index (χ2v) is 6.31. The van der Waals surface area contributed by atoms with Crippen LogP contribution in [0.5, 0.6) is 5.75 Å². The first-order valence-corrected chi connectivity index (χ1v) is 7.96. The monoisotopic (exact) mass is 373 g/mol. The molecule has 0 fully saturated rings. The fourth-order valence-electron chi connectivity index (χ4n) is 2.14. The van der Waals surface area contributed by atoms with Crippen LogP contribution in [0, 0.1) is 0 Å². The van der Waals surface area contributed by atoms with Gasteiger partial charge in [0.15, 0.2) is 0 Å². The second-order valence-electron chi connectivity index (χ2n) is 4.87. The maximum absolute atomic E-state index is 12.8. The van der Waals surface area contributed by atoms with Gasteiger partial charge < -0.3 is 10.1 Å². The number of alkyl halides is 3. The van der Waals surface area contributed by atoms with Crippen LogP contribution >= 0.6 is 22.9 Å². The van der Waals surface area contributed by atoms with Gasteiger partial charge in [-0.1, -0.05) is 17.7 Å². The molecule has 0 bridgehead atoms. The number of methoxy groups -OCH3 is 1. The molecule has 0 amide bonds. The SMILES string of the molecule is COc1ccc(CNc2ncnc3sc(C(F)(F)F)cc23)cc1Cl. The van der Waals surface area contributed by atoms with E-state index in [2.05, 4.69) is 15.3 Å². The lowest BCUT2D eigenvalue weighted by Gasteiger charge is -2.08. The molecule has 3 rings (SSSR count). The Labute approximate surface area is 144 Å². The van der Waals surface area contributed by atoms with Gasteiger partial charge in [-0.25, -0.2) is 9.97 Å². The van der Waals surface area contributed by atoms with E-state index in [1.807, 2.05) is 6.07 Å². The van der Waals surface area contributed by atoms with E-state index in [4.69, 9.17) is 16.3 Å². The third-order valence-electron chi connectivity index (χ3n) is 3.28. The van der Waals surface area contributed by atoms with E-state index in [1.165, 1.54) is 13.4 Å². The summed E-state index contributed by atoms with van der Waals surface area (Å²) < 4.78 is 43.6. The quantitative estimate of drug-likeness (QED) is 0.700. The first-order chi connectivity index (χ1) is 11.4. The van der Waals surface area contributed by atoms with Gasteiger partial charge in [-0.05, 0) is 23.8 Å². The Morgan fingerprint density at radius 1 is 1.25 bits per heavy atom. The van der Waals surface area contributed by atoms with Gasteiger partial charge in [-0.15, -0.1) is 11.3 Å². The van der Waals surface area contributed by atoms with Crippen LogP contribution in [0.15, 0.2) is 30.6 Å². The molecule has 9 heteroatoms. The summed E-state index contributed by atoms with van der Waals surface area (Å²) in [5, 5.41) is 3.82. The molecule has 126 valence electrons. The highest BCUT2D eigenvalue weighted by Crippen LogP contribution is 2.38. The van der Waals surface area contributed by atoms with Crippen LogP contribution < -0.4 is 10.1 Å². The van der Waals surface area contributed by atoms with Crippen LogP contribution in [-0.4, -0.2) is 17.1 Å². The van der Waals surface area contributed by atoms with E-state index in [0.29, 0.717) is 39.9 Å². The second kappa shape index (κ2) is 6.45. The summed E-state index contributed by atoms with van der Waals surface area (Å²) in [6, 6.07) is 6.32. The molecule has 1 N–H and O–H groups in total. The predicted octanol–water partition coefficient (Wildman–Crippen LogP) is 4.98. The summed E-state index contributed by atoms with van der Waals surface area (Å²) in [6.45, 7) is 0.354. The lowest BCUT2D eigenvalue weighted by Crippen LogP contribution is -2.02. The summed E-state index contributed by atoms with van der Waals surface area (Å²) in [7, 11) is 1.52. The Morgan fingerprint density at radius 2 is 2.04 bits per heavy atom. The molecular weight excluding hydrogens is 363 g/mol. The van der Waals surface area contributed by atoms with Crippen molar-refractivity contribution in [2.75, 3.05) is 12.4 Å². The number of anilines is 1. The van der Waals surface area contributed by atoms with Crippen molar-refractivity contribution in [1.29, 1.82) is 0 Å². The minimum Gasteiger partial charge on any atom is -0.495 e. The zero-order valence-electron chi connectivity index (χ0n) is 12.3. The number of thiophene rings is 1. The largest absolute Gasteiger partial charge is 0.495 e. The van der Waals surface area contributed by atoms with Crippen molar-refractivity contribution in [2.45, 2.75) is 12.7 Å². The zero-order valence-corrected chi connectivity index (χ0v) is 13.9. The smallest absolute Gasteiger partial charge is 0.425 e. The number of rotatable bonds is 4. The van der Waals surface area contributed by atoms with Gasteiger partial charge in [-0.3, -0.25) is 0 Å². The van der Waals surface area contributed by atoms with Gasteiger partial charge >= 0.3 is 6.18 Å². The summed E-state index contributed by atoms with van der Waals surface area (Å²) >= 11 is 6.65. The molecule has 24 heavy (non-hydrogen) atoms. The van der Waals surface area contributed by atoms with Gasteiger partial charge in [-0.2, -0.15) is 13.2 Å². The van der Waals surface area contributed by atoms with Crippen molar-refractivity contribution in [3.63, 3.8) is 0 Å². The van der Waals surface area contributed by atoms with E-state index >= 15 is 0 Å². The van der Waals surface area contributed by atoms with Crippen LogP contribution in [0.1, 0.15) is 10.4 Å². The summed E-state index contributed by atoms with van der Waals surface area (Å²) in [5.74, 6) is 0.899. The standard InChI is InChI=1S/C15H11ClF3N3OS/c1-23-11-3-2-8(4-10(11)16)6-20-13-9-5-12(15(17,18)19)24-14(9)22-7-21-13/h2-5,7H,6H2,1H3,(H,20,21,22). The number of nitrogens with zero attached hydrogens (tertiary/aromatic N) is 2. The highest BCUT2D eigenvalue weighted by molar-refractivity contribution is 7.18. The van der Waals surface area contributed by atoms with E-state index in [9.17, 15) is 13.2 Å². The van der Waals surface area contributed by atoms with Gasteiger partial charge in [0.25, 0.3) is 0 Å². The third-order valence-corrected chi connectivity index (χ3v) is 4.67. The molecule has 0 spiro atoms. The maximum atomic E-state index is 12.8. The van der Waals surface area contributed by atoms with E-state index < -0.39 is 11.1 Å². The molecule has 2 heterocycles. The molecule has 0 aliphatic carbocycles. The Morgan fingerprint density at radius 3 is 2.71 bits per heavy atom. The molecule has 0 aliphatic rings. The molecule has 3 aromatic rings.